The van der Waals surface area contributed by atoms with Crippen LogP contribution in [0.4, 0.5) is 0 Å². The number of unbranched alkanes of at least 4 members (excludes halogenated alkanes) is 47. The van der Waals surface area contributed by atoms with E-state index in [2.05, 4.69) is 31.3 Å². The van der Waals surface area contributed by atoms with Crippen molar-refractivity contribution in [1.82, 2.24) is 5.32 Å². The van der Waals surface area contributed by atoms with Gasteiger partial charge in [-0.3, -0.25) is 9.59 Å². The maximum Gasteiger partial charge on any atom is 0.305 e. The summed E-state index contributed by atoms with van der Waals surface area (Å²) < 4.78 is 5.47. The Labute approximate surface area is 443 Å². The molecule has 0 aliphatic carbocycles. The molecule has 0 aromatic heterocycles. The van der Waals surface area contributed by atoms with Gasteiger partial charge >= 0.3 is 5.97 Å². The van der Waals surface area contributed by atoms with E-state index in [1.54, 1.807) is 6.08 Å². The van der Waals surface area contributed by atoms with Gasteiger partial charge in [-0.25, -0.2) is 0 Å². The summed E-state index contributed by atoms with van der Waals surface area (Å²) in [6.07, 6.45) is 75.2. The second kappa shape index (κ2) is 60.9. The van der Waals surface area contributed by atoms with Crippen molar-refractivity contribution in [1.29, 1.82) is 0 Å². The molecule has 2 atom stereocenters. The Morgan fingerprint density at radius 1 is 0.380 bits per heavy atom. The third-order valence-corrected chi connectivity index (χ3v) is 15.0. The molecular formula is C65H125NO5. The van der Waals surface area contributed by atoms with Crippen LogP contribution in [0.25, 0.3) is 0 Å². The minimum absolute atomic E-state index is 0.0147. The minimum Gasteiger partial charge on any atom is -0.466 e. The van der Waals surface area contributed by atoms with Crippen molar-refractivity contribution in [3.05, 3.63) is 24.3 Å². The van der Waals surface area contributed by atoms with Gasteiger partial charge in [0, 0.05) is 12.8 Å². The van der Waals surface area contributed by atoms with Crippen molar-refractivity contribution in [3.63, 3.8) is 0 Å². The van der Waals surface area contributed by atoms with Gasteiger partial charge in [0.1, 0.15) is 0 Å². The van der Waals surface area contributed by atoms with Crippen molar-refractivity contribution in [2.24, 2.45) is 0 Å². The highest BCUT2D eigenvalue weighted by atomic mass is 16.5. The number of amides is 1. The number of rotatable bonds is 60. The highest BCUT2D eigenvalue weighted by Gasteiger charge is 2.18. The number of hydrogen-bond acceptors (Lipinski definition) is 5. The van der Waals surface area contributed by atoms with E-state index < -0.39 is 12.1 Å². The molecule has 0 aliphatic rings. The predicted octanol–water partition coefficient (Wildman–Crippen LogP) is 20.2. The first kappa shape index (κ1) is 69.3. The molecule has 2 unspecified atom stereocenters. The fourth-order valence-electron chi connectivity index (χ4n) is 10.0. The highest BCUT2D eigenvalue weighted by Crippen LogP contribution is 2.18. The van der Waals surface area contributed by atoms with Gasteiger partial charge in [-0.1, -0.05) is 308 Å². The van der Waals surface area contributed by atoms with E-state index in [-0.39, 0.29) is 18.5 Å². The van der Waals surface area contributed by atoms with Gasteiger partial charge in [0.15, 0.2) is 0 Å². The Morgan fingerprint density at radius 2 is 0.662 bits per heavy atom. The Hall–Kier alpha value is -1.66. The van der Waals surface area contributed by atoms with Crippen LogP contribution >= 0.6 is 0 Å². The lowest BCUT2D eigenvalue weighted by atomic mass is 10.0. The lowest BCUT2D eigenvalue weighted by Crippen LogP contribution is -2.45. The second-order valence-electron chi connectivity index (χ2n) is 22.1. The van der Waals surface area contributed by atoms with E-state index in [9.17, 15) is 19.8 Å². The third-order valence-electron chi connectivity index (χ3n) is 15.0. The normalized spacial score (nSPS) is 12.7. The third kappa shape index (κ3) is 57.5. The van der Waals surface area contributed by atoms with E-state index in [0.717, 1.165) is 38.5 Å². The number of aliphatic hydroxyl groups is 2. The summed E-state index contributed by atoms with van der Waals surface area (Å²) in [6.45, 7) is 4.92. The molecule has 0 saturated carbocycles. The van der Waals surface area contributed by atoms with Gasteiger partial charge in [-0.2, -0.15) is 0 Å². The van der Waals surface area contributed by atoms with Gasteiger partial charge in [0.05, 0.1) is 25.4 Å². The zero-order chi connectivity index (χ0) is 51.4. The van der Waals surface area contributed by atoms with E-state index in [1.807, 2.05) is 6.08 Å². The molecule has 0 bridgehead atoms. The average molecular weight is 1000 g/mol. The van der Waals surface area contributed by atoms with Gasteiger partial charge in [-0.05, 0) is 57.8 Å². The van der Waals surface area contributed by atoms with Gasteiger partial charge in [0.25, 0.3) is 0 Å². The Balaban J connectivity index is 3.41. The summed E-state index contributed by atoms with van der Waals surface area (Å²) >= 11 is 0. The molecule has 0 rings (SSSR count). The van der Waals surface area contributed by atoms with Gasteiger partial charge in [-0.15, -0.1) is 0 Å². The standard InChI is InChI=1S/C65H125NO5/c1-3-5-7-9-11-13-15-16-17-31-34-38-41-45-49-53-57-63(68)62(61-67)66-64(69)58-54-50-46-42-39-35-32-29-27-25-23-21-19-18-20-22-24-26-28-30-33-36-40-44-48-52-56-60-71-65(70)59-55-51-47-43-37-14-12-10-8-6-4-2/h18-19,53,57,62-63,67-68H,3-17,20-52,54-56,58-61H2,1-2H3,(H,66,69)/b19-18-,57-53+. The van der Waals surface area contributed by atoms with Crippen molar-refractivity contribution in [2.75, 3.05) is 13.2 Å². The molecule has 0 aromatic rings. The molecule has 0 heterocycles. The summed E-state index contributed by atoms with van der Waals surface area (Å²) in [6, 6.07) is -0.628. The first-order valence-corrected chi connectivity index (χ1v) is 32.1. The zero-order valence-electron chi connectivity index (χ0n) is 48.0. The van der Waals surface area contributed by atoms with Crippen LogP contribution in [0.1, 0.15) is 354 Å². The van der Waals surface area contributed by atoms with Crippen LogP contribution < -0.4 is 5.32 Å². The fraction of sp³-hybridized carbons (Fsp3) is 0.908. The molecule has 3 N–H and O–H groups in total. The van der Waals surface area contributed by atoms with E-state index in [1.165, 1.54) is 289 Å². The molecule has 0 spiro atoms. The largest absolute Gasteiger partial charge is 0.466 e. The Kier molecular flexibility index (Phi) is 59.5. The number of carbonyl (C=O) groups excluding carboxylic acids is 2. The zero-order valence-corrected chi connectivity index (χ0v) is 48.0. The molecule has 0 saturated heterocycles. The summed E-state index contributed by atoms with van der Waals surface area (Å²) in [7, 11) is 0. The molecule has 71 heavy (non-hydrogen) atoms. The van der Waals surface area contributed by atoms with Crippen LogP contribution in [0, 0.1) is 0 Å². The predicted molar refractivity (Wildman–Crippen MR) is 310 cm³/mol. The van der Waals surface area contributed by atoms with Crippen molar-refractivity contribution in [2.45, 2.75) is 366 Å². The van der Waals surface area contributed by atoms with Crippen molar-refractivity contribution in [3.8, 4) is 0 Å². The van der Waals surface area contributed by atoms with Crippen molar-refractivity contribution < 1.29 is 24.5 Å². The highest BCUT2D eigenvalue weighted by molar-refractivity contribution is 5.76. The lowest BCUT2D eigenvalue weighted by Gasteiger charge is -2.20. The van der Waals surface area contributed by atoms with Gasteiger partial charge in [0.2, 0.25) is 5.91 Å². The Bertz CT molecular complexity index is 1110. The maximum atomic E-state index is 12.5. The Morgan fingerprint density at radius 3 is 1.00 bits per heavy atom. The number of hydrogen-bond donors (Lipinski definition) is 3. The summed E-state index contributed by atoms with van der Waals surface area (Å²) in [5.41, 5.74) is 0. The van der Waals surface area contributed by atoms with Crippen LogP contribution in [0.3, 0.4) is 0 Å². The molecule has 1 amide bonds. The number of esters is 1. The lowest BCUT2D eigenvalue weighted by molar-refractivity contribution is -0.143. The molecule has 0 fully saturated rings. The number of allylic oxidation sites excluding steroid dienone is 3. The number of ether oxygens (including phenoxy) is 1. The van der Waals surface area contributed by atoms with E-state index >= 15 is 0 Å². The smallest absolute Gasteiger partial charge is 0.305 e. The monoisotopic (exact) mass is 1000 g/mol. The fourth-order valence-corrected chi connectivity index (χ4v) is 10.0. The average Bonchev–Trinajstić information content (AvgIpc) is 3.37. The molecule has 420 valence electrons. The molecular weight excluding hydrogens is 875 g/mol. The first-order chi connectivity index (χ1) is 35.0. The van der Waals surface area contributed by atoms with Crippen LogP contribution in [-0.4, -0.2) is 47.4 Å². The van der Waals surface area contributed by atoms with Gasteiger partial charge < -0.3 is 20.3 Å². The summed E-state index contributed by atoms with van der Waals surface area (Å²) in [5.74, 6) is -0.0519. The second-order valence-corrected chi connectivity index (χ2v) is 22.1. The number of aliphatic hydroxyl groups excluding tert-OH is 2. The van der Waals surface area contributed by atoms with E-state index in [0.29, 0.717) is 19.4 Å². The van der Waals surface area contributed by atoms with E-state index in [4.69, 9.17) is 4.74 Å². The minimum atomic E-state index is -0.844. The number of carbonyl (C=O) groups is 2. The first-order valence-electron chi connectivity index (χ1n) is 32.1. The number of nitrogens with one attached hydrogen (secondary N) is 1. The van der Waals surface area contributed by atoms with Crippen LogP contribution in [0.15, 0.2) is 24.3 Å². The molecule has 6 heteroatoms. The maximum absolute atomic E-state index is 12.5. The summed E-state index contributed by atoms with van der Waals surface area (Å²) in [4.78, 5) is 24.5. The van der Waals surface area contributed by atoms with Crippen LogP contribution in [-0.2, 0) is 14.3 Å². The quantitative estimate of drug-likeness (QED) is 0.0320. The molecule has 6 nitrogen and oxygen atoms in total. The van der Waals surface area contributed by atoms with Crippen LogP contribution in [0.2, 0.25) is 0 Å². The molecule has 0 aliphatic heterocycles. The van der Waals surface area contributed by atoms with Crippen LogP contribution in [0.5, 0.6) is 0 Å². The van der Waals surface area contributed by atoms with Crippen molar-refractivity contribution >= 4 is 11.9 Å². The SMILES string of the molecule is CCCCCCCCCCCCCCCC/C=C/C(O)C(CO)NC(=O)CCCCCCCCCCCCC/C=C\CCCCCCCCCCCCCCOC(=O)CCCCCCCCCCCCC. The molecule has 0 aromatic carbocycles. The molecule has 0 radical (unpaired) electrons. The topological polar surface area (TPSA) is 95.9 Å². The summed E-state index contributed by atoms with van der Waals surface area (Å²) in [5, 5.41) is 23.2.